The van der Waals surface area contributed by atoms with E-state index in [2.05, 4.69) is 158 Å². The van der Waals surface area contributed by atoms with Crippen molar-refractivity contribution in [1.82, 2.24) is 4.98 Å². The maximum atomic E-state index is 6.47. The summed E-state index contributed by atoms with van der Waals surface area (Å²) < 4.78 is 6.47. The summed E-state index contributed by atoms with van der Waals surface area (Å²) in [6, 6.07) is 60.8. The fourth-order valence-corrected chi connectivity index (χ4v) is 8.16. The molecule has 9 aromatic rings. The van der Waals surface area contributed by atoms with E-state index in [0.717, 1.165) is 39.1 Å². The van der Waals surface area contributed by atoms with E-state index in [-0.39, 0.29) is 5.41 Å². The van der Waals surface area contributed by atoms with Crippen LogP contribution in [0.25, 0.3) is 66.4 Å². The Morgan fingerprint density at radius 3 is 1.90 bits per heavy atom. The molecule has 0 radical (unpaired) electrons. The highest BCUT2D eigenvalue weighted by Crippen LogP contribution is 2.53. The van der Waals surface area contributed by atoms with Gasteiger partial charge in [0.15, 0.2) is 5.58 Å². The van der Waals surface area contributed by atoms with Crippen LogP contribution in [0.15, 0.2) is 174 Å². The molecule has 242 valence electrons. The number of hydrogen-bond acceptors (Lipinski definition) is 3. The lowest BCUT2D eigenvalue weighted by Gasteiger charge is -2.27. The number of nitrogens with zero attached hydrogens (tertiary/aromatic N) is 2. The quantitative estimate of drug-likeness (QED) is 0.185. The van der Waals surface area contributed by atoms with Crippen molar-refractivity contribution >= 4 is 49.7 Å². The van der Waals surface area contributed by atoms with Gasteiger partial charge in [-0.1, -0.05) is 123 Å². The largest absolute Gasteiger partial charge is 0.435 e. The average molecular weight is 655 g/mol. The first-order chi connectivity index (χ1) is 25.0. The van der Waals surface area contributed by atoms with Crippen LogP contribution in [0.5, 0.6) is 0 Å². The minimum atomic E-state index is -0.205. The van der Waals surface area contributed by atoms with E-state index >= 15 is 0 Å². The Kier molecular flexibility index (Phi) is 6.53. The summed E-state index contributed by atoms with van der Waals surface area (Å²) in [5.41, 5.74) is 13.5. The van der Waals surface area contributed by atoms with Gasteiger partial charge < -0.3 is 9.32 Å². The standard InChI is InChI=1S/C48H34N2O/c1-48(2)43-27-23-38(30-42(43)40-24-25-41-39(45(40)48)26-28-44-46(41)51-47(49-44)34-14-7-4-8-15-34)50(37-22-19-32-13-9-10-16-35(32)29-37)36-20-17-33(18-21-36)31-11-5-3-6-12-31/h3-30H,1-2H3. The van der Waals surface area contributed by atoms with E-state index in [4.69, 9.17) is 9.40 Å². The molecule has 51 heavy (non-hydrogen) atoms. The summed E-state index contributed by atoms with van der Waals surface area (Å²) in [6.07, 6.45) is 0. The Bertz CT molecular complexity index is 2760. The monoisotopic (exact) mass is 654 g/mol. The van der Waals surface area contributed by atoms with E-state index < -0.39 is 0 Å². The molecule has 0 spiro atoms. The van der Waals surface area contributed by atoms with Crippen molar-refractivity contribution in [2.45, 2.75) is 19.3 Å². The van der Waals surface area contributed by atoms with E-state index in [1.165, 1.54) is 49.5 Å². The lowest BCUT2D eigenvalue weighted by Crippen LogP contribution is -2.16. The fraction of sp³-hybridized carbons (Fsp3) is 0.0625. The highest BCUT2D eigenvalue weighted by atomic mass is 16.3. The van der Waals surface area contributed by atoms with Gasteiger partial charge in [0.2, 0.25) is 5.89 Å². The molecule has 0 atom stereocenters. The van der Waals surface area contributed by atoms with Crippen LogP contribution in [-0.4, -0.2) is 4.98 Å². The molecule has 1 aliphatic rings. The third-order valence-electron chi connectivity index (χ3n) is 10.6. The molecule has 1 aliphatic carbocycles. The molecular weight excluding hydrogens is 621 g/mol. The van der Waals surface area contributed by atoms with Crippen molar-refractivity contribution < 1.29 is 4.42 Å². The summed E-state index contributed by atoms with van der Waals surface area (Å²) in [5.74, 6) is 0.649. The highest BCUT2D eigenvalue weighted by molar-refractivity contribution is 6.09. The first-order valence-corrected chi connectivity index (χ1v) is 17.5. The molecule has 3 nitrogen and oxygen atoms in total. The van der Waals surface area contributed by atoms with Crippen molar-refractivity contribution in [2.24, 2.45) is 0 Å². The van der Waals surface area contributed by atoms with Crippen molar-refractivity contribution in [3.63, 3.8) is 0 Å². The summed E-state index contributed by atoms with van der Waals surface area (Å²) in [4.78, 5) is 7.25. The lowest BCUT2D eigenvalue weighted by molar-refractivity contribution is 0.623. The molecule has 3 heteroatoms. The summed E-state index contributed by atoms with van der Waals surface area (Å²) in [7, 11) is 0. The predicted octanol–water partition coefficient (Wildman–Crippen LogP) is 13.2. The van der Waals surface area contributed by atoms with Crippen LogP contribution in [0.4, 0.5) is 17.1 Å². The molecule has 1 heterocycles. The van der Waals surface area contributed by atoms with Crippen LogP contribution in [0, 0.1) is 0 Å². The number of benzene rings is 8. The van der Waals surface area contributed by atoms with Crippen molar-refractivity contribution in [3.05, 3.63) is 181 Å². The van der Waals surface area contributed by atoms with Crippen molar-refractivity contribution in [1.29, 1.82) is 0 Å². The van der Waals surface area contributed by atoms with Crippen molar-refractivity contribution in [3.8, 4) is 33.7 Å². The van der Waals surface area contributed by atoms with Crippen LogP contribution in [0.1, 0.15) is 25.0 Å². The van der Waals surface area contributed by atoms with E-state index in [1.807, 2.05) is 30.3 Å². The Hall–Kier alpha value is -6.45. The summed E-state index contributed by atoms with van der Waals surface area (Å²) >= 11 is 0. The minimum Gasteiger partial charge on any atom is -0.435 e. The normalized spacial score (nSPS) is 13.1. The maximum absolute atomic E-state index is 6.47. The molecule has 0 aliphatic heterocycles. The average Bonchev–Trinajstić information content (AvgIpc) is 3.73. The third kappa shape index (κ3) is 4.69. The molecule has 0 amide bonds. The molecule has 0 saturated heterocycles. The van der Waals surface area contributed by atoms with Crippen LogP contribution in [-0.2, 0) is 5.41 Å². The van der Waals surface area contributed by atoms with Gasteiger partial charge in [0.05, 0.1) is 0 Å². The Morgan fingerprint density at radius 1 is 0.490 bits per heavy atom. The number of anilines is 3. The van der Waals surface area contributed by atoms with Gasteiger partial charge in [-0.3, -0.25) is 0 Å². The second-order valence-electron chi connectivity index (χ2n) is 14.0. The van der Waals surface area contributed by atoms with Crippen LogP contribution < -0.4 is 4.90 Å². The fourth-order valence-electron chi connectivity index (χ4n) is 8.16. The van der Waals surface area contributed by atoms with Gasteiger partial charge in [-0.15, -0.1) is 0 Å². The highest BCUT2D eigenvalue weighted by Gasteiger charge is 2.38. The molecular formula is C48H34N2O. The molecule has 0 N–H and O–H groups in total. The SMILES string of the molecule is CC1(C)c2ccc(N(c3ccc(-c4ccccc4)cc3)c3ccc4ccccc4c3)cc2-c2ccc3c(ccc4nc(-c5ccccc5)oc43)c21. The molecule has 0 bridgehead atoms. The van der Waals surface area contributed by atoms with Crippen molar-refractivity contribution in [2.75, 3.05) is 4.90 Å². The number of oxazole rings is 1. The van der Waals surface area contributed by atoms with E-state index in [0.29, 0.717) is 5.89 Å². The lowest BCUT2D eigenvalue weighted by atomic mass is 9.80. The molecule has 1 aromatic heterocycles. The molecule has 0 saturated carbocycles. The summed E-state index contributed by atoms with van der Waals surface area (Å²) in [5, 5.41) is 4.75. The zero-order chi connectivity index (χ0) is 34.1. The number of fused-ring (bicyclic) bond motifs is 8. The second kappa shape index (κ2) is 11.3. The van der Waals surface area contributed by atoms with Gasteiger partial charge >= 0.3 is 0 Å². The molecule has 0 fully saturated rings. The Balaban J connectivity index is 1.13. The van der Waals surface area contributed by atoms with E-state index in [9.17, 15) is 0 Å². The van der Waals surface area contributed by atoms with E-state index in [1.54, 1.807) is 0 Å². The third-order valence-corrected chi connectivity index (χ3v) is 10.6. The number of hydrogen-bond donors (Lipinski definition) is 0. The van der Waals surface area contributed by atoms with Gasteiger partial charge in [0.1, 0.15) is 5.52 Å². The number of rotatable bonds is 5. The van der Waals surface area contributed by atoms with Gasteiger partial charge in [-0.2, -0.15) is 0 Å². The van der Waals surface area contributed by atoms with Crippen LogP contribution in [0.3, 0.4) is 0 Å². The predicted molar refractivity (Wildman–Crippen MR) is 212 cm³/mol. The molecule has 0 unspecified atom stereocenters. The zero-order valence-corrected chi connectivity index (χ0v) is 28.5. The van der Waals surface area contributed by atoms with Gasteiger partial charge in [0.25, 0.3) is 0 Å². The minimum absolute atomic E-state index is 0.205. The Morgan fingerprint density at radius 2 is 1.12 bits per heavy atom. The zero-order valence-electron chi connectivity index (χ0n) is 28.5. The maximum Gasteiger partial charge on any atom is 0.227 e. The second-order valence-corrected chi connectivity index (χ2v) is 14.0. The molecule has 8 aromatic carbocycles. The smallest absolute Gasteiger partial charge is 0.227 e. The first kappa shape index (κ1) is 29.5. The van der Waals surface area contributed by atoms with Crippen LogP contribution in [0.2, 0.25) is 0 Å². The first-order valence-electron chi connectivity index (χ1n) is 17.5. The van der Waals surface area contributed by atoms with Gasteiger partial charge in [-0.25, -0.2) is 4.98 Å². The topological polar surface area (TPSA) is 29.3 Å². The van der Waals surface area contributed by atoms with Gasteiger partial charge in [-0.05, 0) is 110 Å². The van der Waals surface area contributed by atoms with Crippen LogP contribution >= 0.6 is 0 Å². The number of aromatic nitrogens is 1. The van der Waals surface area contributed by atoms with Gasteiger partial charge in [0, 0.05) is 33.4 Å². The molecule has 10 rings (SSSR count). The Labute approximate surface area is 297 Å². The summed E-state index contributed by atoms with van der Waals surface area (Å²) in [6.45, 7) is 4.69.